The fourth-order valence-electron chi connectivity index (χ4n) is 2.53. The van der Waals surface area contributed by atoms with E-state index >= 15 is 0 Å². The Labute approximate surface area is 168 Å². The van der Waals surface area contributed by atoms with Crippen LogP contribution in [0.5, 0.6) is 0 Å². The van der Waals surface area contributed by atoms with E-state index < -0.39 is 26.7 Å². The zero-order valence-electron chi connectivity index (χ0n) is 14.7. The number of benzene rings is 2. The average Bonchev–Trinajstić information content (AvgIpc) is 2.63. The van der Waals surface area contributed by atoms with Crippen LogP contribution in [0.25, 0.3) is 11.3 Å². The van der Waals surface area contributed by atoms with Gasteiger partial charge in [-0.3, -0.25) is 9.52 Å². The lowest BCUT2D eigenvalue weighted by atomic mass is 10.1. The van der Waals surface area contributed by atoms with Crippen LogP contribution < -0.4 is 10.3 Å². The molecular weight excluding hydrogens is 431 g/mol. The molecule has 0 aliphatic rings. The van der Waals surface area contributed by atoms with Crippen molar-refractivity contribution >= 4 is 27.3 Å². The highest BCUT2D eigenvalue weighted by Crippen LogP contribution is 2.35. The molecule has 0 fully saturated rings. The summed E-state index contributed by atoms with van der Waals surface area (Å²) in [6.45, 7) is 0. The lowest BCUT2D eigenvalue weighted by molar-refractivity contribution is -0.137. The molecule has 3 rings (SSSR count). The fourth-order valence-corrected chi connectivity index (χ4v) is 4.13. The van der Waals surface area contributed by atoms with Gasteiger partial charge in [-0.15, -0.1) is 0 Å². The molecule has 11 heteroatoms. The van der Waals surface area contributed by atoms with Crippen LogP contribution in [-0.4, -0.2) is 18.2 Å². The van der Waals surface area contributed by atoms with Crippen LogP contribution in [0.2, 0.25) is 5.02 Å². The van der Waals surface area contributed by atoms with E-state index in [1.165, 1.54) is 31.3 Å². The summed E-state index contributed by atoms with van der Waals surface area (Å²) in [5.41, 5.74) is -0.819. The van der Waals surface area contributed by atoms with Gasteiger partial charge in [0.25, 0.3) is 15.6 Å². The molecule has 29 heavy (non-hydrogen) atoms. The van der Waals surface area contributed by atoms with Crippen LogP contribution in [0.3, 0.4) is 0 Å². The molecule has 6 nitrogen and oxygen atoms in total. The Hall–Kier alpha value is -2.85. The van der Waals surface area contributed by atoms with E-state index in [0.717, 1.165) is 10.7 Å². The Morgan fingerprint density at radius 3 is 2.41 bits per heavy atom. The molecule has 0 aliphatic heterocycles. The van der Waals surface area contributed by atoms with Crippen molar-refractivity contribution in [1.82, 2.24) is 9.78 Å². The smallest absolute Gasteiger partial charge is 0.279 e. The number of nitrogens with zero attached hydrogens (tertiary/aromatic N) is 2. The monoisotopic (exact) mass is 443 g/mol. The predicted octanol–water partition coefficient (Wildman–Crippen LogP) is 3.92. The summed E-state index contributed by atoms with van der Waals surface area (Å²) in [5, 5.41) is 3.71. The number of aromatic nitrogens is 2. The van der Waals surface area contributed by atoms with Gasteiger partial charge in [0.05, 0.1) is 22.0 Å². The summed E-state index contributed by atoms with van der Waals surface area (Å²) < 4.78 is 67.8. The Bertz CT molecular complexity index is 1240. The van der Waals surface area contributed by atoms with Crippen LogP contribution in [0.1, 0.15) is 5.56 Å². The van der Waals surface area contributed by atoms with E-state index in [1.54, 1.807) is 12.1 Å². The quantitative estimate of drug-likeness (QED) is 0.662. The Morgan fingerprint density at radius 2 is 1.76 bits per heavy atom. The van der Waals surface area contributed by atoms with Gasteiger partial charge in [-0.05, 0) is 30.3 Å². The van der Waals surface area contributed by atoms with Crippen molar-refractivity contribution in [3.63, 3.8) is 0 Å². The third-order valence-corrected chi connectivity index (χ3v) is 5.80. The second-order valence-corrected chi connectivity index (χ2v) is 8.03. The van der Waals surface area contributed by atoms with Crippen molar-refractivity contribution in [2.24, 2.45) is 7.05 Å². The maximum Gasteiger partial charge on any atom is 0.416 e. The molecule has 0 unspecified atom stereocenters. The first-order valence-corrected chi connectivity index (χ1v) is 9.88. The standard InChI is InChI=1S/C18H13ClF3N3O3S/c1-25-17(26)9-8-14(23-25)12-4-2-3-5-15(12)24-29(27,28)16-10-11(18(20,21)22)6-7-13(16)19/h2-10,24H,1H3. The van der Waals surface area contributed by atoms with Crippen molar-refractivity contribution in [3.8, 4) is 11.3 Å². The first-order valence-electron chi connectivity index (χ1n) is 8.02. The minimum Gasteiger partial charge on any atom is -0.279 e. The van der Waals surface area contributed by atoms with Crippen molar-refractivity contribution in [2.75, 3.05) is 4.72 Å². The molecule has 0 amide bonds. The Morgan fingerprint density at radius 1 is 1.07 bits per heavy atom. The fraction of sp³-hybridized carbons (Fsp3) is 0.111. The van der Waals surface area contributed by atoms with Gasteiger partial charge in [0, 0.05) is 18.7 Å². The van der Waals surface area contributed by atoms with Gasteiger partial charge in [0.2, 0.25) is 0 Å². The molecular formula is C18H13ClF3N3O3S. The van der Waals surface area contributed by atoms with Gasteiger partial charge in [-0.1, -0.05) is 29.8 Å². The molecule has 0 bridgehead atoms. The molecule has 152 valence electrons. The normalized spacial score (nSPS) is 12.0. The van der Waals surface area contributed by atoms with Crippen LogP contribution in [0.15, 0.2) is 64.3 Å². The summed E-state index contributed by atoms with van der Waals surface area (Å²) in [6, 6.07) is 10.8. The molecule has 0 aliphatic carbocycles. The van der Waals surface area contributed by atoms with E-state index in [4.69, 9.17) is 11.6 Å². The van der Waals surface area contributed by atoms with E-state index in [1.807, 2.05) is 0 Å². The number of rotatable bonds is 4. The molecule has 0 atom stereocenters. The number of sulfonamides is 1. The van der Waals surface area contributed by atoms with Gasteiger partial charge < -0.3 is 0 Å². The Kier molecular flexibility index (Phi) is 5.42. The second kappa shape index (κ2) is 7.53. The lowest BCUT2D eigenvalue weighted by Crippen LogP contribution is -2.19. The topological polar surface area (TPSA) is 81.1 Å². The first kappa shape index (κ1) is 20.9. The number of alkyl halides is 3. The first-order chi connectivity index (χ1) is 13.5. The second-order valence-electron chi connectivity index (χ2n) is 5.97. The van der Waals surface area contributed by atoms with Gasteiger partial charge in [0.15, 0.2) is 0 Å². The van der Waals surface area contributed by atoms with Crippen LogP contribution in [-0.2, 0) is 23.2 Å². The van der Waals surface area contributed by atoms with Crippen molar-refractivity contribution < 1.29 is 21.6 Å². The number of aryl methyl sites for hydroxylation is 1. The van der Waals surface area contributed by atoms with E-state index in [2.05, 4.69) is 9.82 Å². The molecule has 0 saturated carbocycles. The van der Waals surface area contributed by atoms with Crippen molar-refractivity contribution in [1.29, 1.82) is 0 Å². The highest BCUT2D eigenvalue weighted by atomic mass is 35.5. The third kappa shape index (κ3) is 4.43. The predicted molar refractivity (Wildman–Crippen MR) is 102 cm³/mol. The minimum absolute atomic E-state index is 0.0622. The Balaban J connectivity index is 2.07. The third-order valence-electron chi connectivity index (χ3n) is 3.96. The summed E-state index contributed by atoms with van der Waals surface area (Å²) in [5.74, 6) is 0. The SMILES string of the molecule is Cn1nc(-c2ccccc2NS(=O)(=O)c2cc(C(F)(F)F)ccc2Cl)ccc1=O. The van der Waals surface area contributed by atoms with Crippen LogP contribution >= 0.6 is 11.6 Å². The highest BCUT2D eigenvalue weighted by Gasteiger charge is 2.33. The summed E-state index contributed by atoms with van der Waals surface area (Å²) in [4.78, 5) is 10.8. The van der Waals surface area contributed by atoms with Gasteiger partial charge >= 0.3 is 6.18 Å². The molecule has 3 aromatic rings. The van der Waals surface area contributed by atoms with E-state index in [9.17, 15) is 26.4 Å². The number of nitrogens with one attached hydrogen (secondary N) is 1. The van der Waals surface area contributed by atoms with E-state index in [0.29, 0.717) is 23.4 Å². The highest BCUT2D eigenvalue weighted by molar-refractivity contribution is 7.92. The summed E-state index contributed by atoms with van der Waals surface area (Å²) in [6.07, 6.45) is -4.73. The minimum atomic E-state index is -4.73. The van der Waals surface area contributed by atoms with Crippen LogP contribution in [0.4, 0.5) is 18.9 Å². The van der Waals surface area contributed by atoms with Gasteiger partial charge in [-0.2, -0.15) is 18.3 Å². The lowest BCUT2D eigenvalue weighted by Gasteiger charge is -2.15. The van der Waals surface area contributed by atoms with Crippen LogP contribution in [0, 0.1) is 0 Å². The zero-order chi connectivity index (χ0) is 21.4. The van der Waals surface area contributed by atoms with Crippen molar-refractivity contribution in [3.05, 3.63) is 75.5 Å². The maximum atomic E-state index is 13.0. The largest absolute Gasteiger partial charge is 0.416 e. The average molecular weight is 444 g/mol. The van der Waals surface area contributed by atoms with Gasteiger partial charge in [0.1, 0.15) is 4.90 Å². The molecule has 2 aromatic carbocycles. The molecule has 0 radical (unpaired) electrons. The van der Waals surface area contributed by atoms with Gasteiger partial charge in [-0.25, -0.2) is 13.1 Å². The number of hydrogen-bond acceptors (Lipinski definition) is 4. The number of para-hydroxylation sites is 1. The molecule has 1 heterocycles. The number of anilines is 1. The maximum absolute atomic E-state index is 13.0. The molecule has 0 spiro atoms. The zero-order valence-corrected chi connectivity index (χ0v) is 16.3. The number of halogens is 4. The molecule has 1 aromatic heterocycles. The summed E-state index contributed by atoms with van der Waals surface area (Å²) in [7, 11) is -3.02. The molecule has 0 saturated heterocycles. The molecule has 1 N–H and O–H groups in total. The summed E-state index contributed by atoms with van der Waals surface area (Å²) >= 11 is 5.86. The van der Waals surface area contributed by atoms with E-state index in [-0.39, 0.29) is 16.3 Å². The van der Waals surface area contributed by atoms with Crippen molar-refractivity contribution in [2.45, 2.75) is 11.1 Å². The number of hydrogen-bond donors (Lipinski definition) is 1.